The molecule has 6 rings (SSSR count). The number of halogens is 1. The van der Waals surface area contributed by atoms with Crippen molar-refractivity contribution < 1.29 is 14.7 Å². The highest BCUT2D eigenvalue weighted by Gasteiger charge is 2.62. The molecule has 3 aromatic rings. The molecule has 198 valence electrons. The van der Waals surface area contributed by atoms with Gasteiger partial charge in [0.2, 0.25) is 5.91 Å². The Morgan fingerprint density at radius 3 is 2.76 bits per heavy atom. The van der Waals surface area contributed by atoms with Crippen LogP contribution in [-0.2, 0) is 4.79 Å². The predicted octanol–water partition coefficient (Wildman–Crippen LogP) is 3.57. The summed E-state index contributed by atoms with van der Waals surface area (Å²) in [6.07, 6.45) is 4.30. The lowest BCUT2D eigenvalue weighted by Crippen LogP contribution is -2.55. The largest absolute Gasteiger partial charge is 0.390 e. The second-order valence-corrected chi connectivity index (χ2v) is 11.8. The molecule has 0 radical (unpaired) electrons. The van der Waals surface area contributed by atoms with Crippen molar-refractivity contribution in [2.75, 3.05) is 11.4 Å². The van der Waals surface area contributed by atoms with Crippen LogP contribution in [0.25, 0.3) is 0 Å². The van der Waals surface area contributed by atoms with Gasteiger partial charge < -0.3 is 10.4 Å². The average Bonchev–Trinajstić information content (AvgIpc) is 3.21. The molecule has 3 aliphatic rings. The third-order valence-corrected chi connectivity index (χ3v) is 9.10. The molecule has 1 aromatic carbocycles. The standard InChI is InChI=1S/C28H31ClN6O3/c1-14-15(2)25(34-13-28(4)10-21(28)27(34)38)30-11-20(14)16(3)35-12-23(32-33-35)26(37)31-22-9-19(24(22)36)17-6-5-7-18(29)8-17/h5-8,11-12,16,19,21-22,24,36H,9-10,13H2,1-4H3,(H,31,37)/t16-,19?,21-,22?,24?,28?/m0/s1. The summed E-state index contributed by atoms with van der Waals surface area (Å²) in [4.78, 5) is 32.1. The van der Waals surface area contributed by atoms with Gasteiger partial charge in [-0.25, -0.2) is 9.67 Å². The first-order chi connectivity index (χ1) is 18.1. The second kappa shape index (κ2) is 8.88. The zero-order chi connectivity index (χ0) is 26.9. The van der Waals surface area contributed by atoms with Crippen LogP contribution in [-0.4, -0.2) is 55.6 Å². The number of carbonyl (C=O) groups is 2. The molecular formula is C28H31ClN6O3. The topological polar surface area (TPSA) is 113 Å². The van der Waals surface area contributed by atoms with E-state index < -0.39 is 6.10 Å². The highest BCUT2D eigenvalue weighted by Crippen LogP contribution is 2.58. The first-order valence-corrected chi connectivity index (χ1v) is 13.4. The summed E-state index contributed by atoms with van der Waals surface area (Å²) >= 11 is 6.08. The number of hydrogen-bond donors (Lipinski definition) is 2. The third-order valence-electron chi connectivity index (χ3n) is 8.86. The van der Waals surface area contributed by atoms with Crippen LogP contribution in [0.15, 0.2) is 36.7 Å². The number of fused-ring (bicyclic) bond motifs is 1. The van der Waals surface area contributed by atoms with Crippen molar-refractivity contribution in [2.45, 2.75) is 64.6 Å². The Morgan fingerprint density at radius 2 is 2.08 bits per heavy atom. The molecule has 3 heterocycles. The second-order valence-electron chi connectivity index (χ2n) is 11.3. The minimum absolute atomic E-state index is 0.0686. The normalized spacial score (nSPS) is 28.6. The van der Waals surface area contributed by atoms with Gasteiger partial charge in [-0.1, -0.05) is 35.9 Å². The Labute approximate surface area is 226 Å². The fourth-order valence-corrected chi connectivity index (χ4v) is 6.18. The predicted molar refractivity (Wildman–Crippen MR) is 142 cm³/mol. The number of piperidine rings is 1. The number of benzene rings is 1. The minimum Gasteiger partial charge on any atom is -0.390 e. The number of aliphatic hydroxyl groups is 1. The van der Waals surface area contributed by atoms with Crippen LogP contribution in [0.3, 0.4) is 0 Å². The van der Waals surface area contributed by atoms with Crippen molar-refractivity contribution in [2.24, 2.45) is 11.3 Å². The van der Waals surface area contributed by atoms with Crippen molar-refractivity contribution in [3.05, 3.63) is 69.6 Å². The first kappa shape index (κ1) is 25.0. The first-order valence-electron chi connectivity index (χ1n) is 13.0. The van der Waals surface area contributed by atoms with Crippen LogP contribution in [0, 0.1) is 25.2 Å². The minimum atomic E-state index is -0.697. The van der Waals surface area contributed by atoms with Gasteiger partial charge in [0.1, 0.15) is 5.82 Å². The average molecular weight is 535 g/mol. The summed E-state index contributed by atoms with van der Waals surface area (Å²) in [7, 11) is 0. The van der Waals surface area contributed by atoms with Crippen molar-refractivity contribution >= 4 is 29.2 Å². The lowest BCUT2D eigenvalue weighted by molar-refractivity contribution is -0.118. The van der Waals surface area contributed by atoms with Gasteiger partial charge in [-0.3, -0.25) is 14.5 Å². The van der Waals surface area contributed by atoms with Crippen LogP contribution in [0.2, 0.25) is 5.02 Å². The van der Waals surface area contributed by atoms with Crippen LogP contribution in [0.5, 0.6) is 0 Å². The Bertz CT molecular complexity index is 1460. The molecule has 3 fully saturated rings. The molecule has 2 N–H and O–H groups in total. The van der Waals surface area contributed by atoms with E-state index in [1.54, 1.807) is 23.1 Å². The lowest BCUT2D eigenvalue weighted by Gasteiger charge is -2.41. The molecule has 2 saturated carbocycles. The van der Waals surface area contributed by atoms with E-state index in [9.17, 15) is 14.7 Å². The number of rotatable bonds is 6. The van der Waals surface area contributed by atoms with E-state index in [4.69, 9.17) is 11.6 Å². The Hall–Kier alpha value is -3.30. The van der Waals surface area contributed by atoms with E-state index in [1.807, 2.05) is 43.9 Å². The van der Waals surface area contributed by atoms with Crippen molar-refractivity contribution in [1.29, 1.82) is 0 Å². The summed E-state index contributed by atoms with van der Waals surface area (Å²) in [5.74, 6) is 0.585. The highest BCUT2D eigenvalue weighted by atomic mass is 35.5. The smallest absolute Gasteiger partial charge is 0.273 e. The maximum Gasteiger partial charge on any atom is 0.273 e. The Morgan fingerprint density at radius 1 is 1.29 bits per heavy atom. The number of pyridine rings is 1. The fraction of sp³-hybridized carbons (Fsp3) is 0.464. The zero-order valence-corrected chi connectivity index (χ0v) is 22.6. The van der Waals surface area contributed by atoms with Gasteiger partial charge in [0.25, 0.3) is 5.91 Å². The third kappa shape index (κ3) is 3.99. The highest BCUT2D eigenvalue weighted by molar-refractivity contribution is 6.30. The van der Waals surface area contributed by atoms with Gasteiger partial charge in [-0.2, -0.15) is 0 Å². The van der Waals surface area contributed by atoms with E-state index in [1.165, 1.54) is 0 Å². The maximum atomic E-state index is 12.9. The molecule has 9 nitrogen and oxygen atoms in total. The number of hydrogen-bond acceptors (Lipinski definition) is 6. The molecule has 4 unspecified atom stereocenters. The van der Waals surface area contributed by atoms with Gasteiger partial charge in [0.05, 0.1) is 24.4 Å². The monoisotopic (exact) mass is 534 g/mol. The molecule has 10 heteroatoms. The van der Waals surface area contributed by atoms with E-state index in [0.717, 1.165) is 41.0 Å². The SMILES string of the molecule is Cc1c([C@H](C)n2cc(C(=O)NC3CC(c4cccc(Cl)c4)C3O)nn2)cnc(N2CC3(C)C[C@H]3C2=O)c1C. The molecule has 1 aliphatic heterocycles. The molecule has 0 spiro atoms. The van der Waals surface area contributed by atoms with Crippen LogP contribution >= 0.6 is 11.6 Å². The van der Waals surface area contributed by atoms with Crippen molar-refractivity contribution in [3.8, 4) is 0 Å². The number of carbonyl (C=O) groups excluding carboxylic acids is 2. The number of anilines is 1. The summed E-state index contributed by atoms with van der Waals surface area (Å²) in [5.41, 5.74) is 4.19. The van der Waals surface area contributed by atoms with Crippen molar-refractivity contribution in [3.63, 3.8) is 0 Å². The summed E-state index contributed by atoms with van der Waals surface area (Å²) in [5, 5.41) is 22.4. The quantitative estimate of drug-likeness (QED) is 0.500. The van der Waals surface area contributed by atoms with Gasteiger partial charge in [-0.15, -0.1) is 5.10 Å². The molecule has 1 saturated heterocycles. The van der Waals surface area contributed by atoms with Gasteiger partial charge in [-0.05, 0) is 73.4 Å². The van der Waals surface area contributed by atoms with Crippen molar-refractivity contribution in [1.82, 2.24) is 25.3 Å². The van der Waals surface area contributed by atoms with Gasteiger partial charge >= 0.3 is 0 Å². The van der Waals surface area contributed by atoms with Crippen LogP contribution < -0.4 is 10.2 Å². The zero-order valence-electron chi connectivity index (χ0n) is 21.8. The maximum absolute atomic E-state index is 12.9. The fourth-order valence-electron chi connectivity index (χ4n) is 5.98. The molecular weight excluding hydrogens is 504 g/mol. The molecule has 6 atom stereocenters. The van der Waals surface area contributed by atoms with Gasteiger partial charge in [0, 0.05) is 29.6 Å². The number of nitrogens with one attached hydrogen (secondary N) is 1. The van der Waals surface area contributed by atoms with Crippen LogP contribution in [0.1, 0.15) is 71.4 Å². The Balaban J connectivity index is 1.12. The molecule has 0 bridgehead atoms. The summed E-state index contributed by atoms with van der Waals surface area (Å²) in [6, 6.07) is 6.85. The van der Waals surface area contributed by atoms with E-state index in [2.05, 4.69) is 27.5 Å². The van der Waals surface area contributed by atoms with E-state index >= 15 is 0 Å². The van der Waals surface area contributed by atoms with E-state index in [-0.39, 0.29) is 46.8 Å². The number of aromatic nitrogens is 4. The number of nitrogens with zero attached hydrogens (tertiary/aromatic N) is 5. The number of aliphatic hydroxyl groups excluding tert-OH is 1. The summed E-state index contributed by atoms with van der Waals surface area (Å²) in [6.45, 7) is 8.87. The lowest BCUT2D eigenvalue weighted by atomic mass is 9.73. The molecule has 2 aromatic heterocycles. The van der Waals surface area contributed by atoms with Gasteiger partial charge in [0.15, 0.2) is 5.69 Å². The number of amides is 2. The molecule has 2 amide bonds. The van der Waals surface area contributed by atoms with E-state index in [0.29, 0.717) is 11.4 Å². The molecule has 38 heavy (non-hydrogen) atoms. The molecule has 2 aliphatic carbocycles. The Kier molecular flexibility index (Phi) is 5.84. The summed E-state index contributed by atoms with van der Waals surface area (Å²) < 4.78 is 1.64. The van der Waals surface area contributed by atoms with Crippen LogP contribution in [0.4, 0.5) is 5.82 Å².